The Morgan fingerprint density at radius 1 is 1.24 bits per heavy atom. The lowest BCUT2D eigenvalue weighted by Gasteiger charge is -2.10. The molecule has 112 valence electrons. The van der Waals surface area contributed by atoms with Gasteiger partial charge in [-0.2, -0.15) is 0 Å². The van der Waals surface area contributed by atoms with Crippen LogP contribution in [0, 0.1) is 0 Å². The SMILES string of the molecule is COCCCCCNc1ncc(C(=O)O)c2ccccc12. The third-order valence-electron chi connectivity index (χ3n) is 3.34. The average molecular weight is 288 g/mol. The van der Waals surface area contributed by atoms with Gasteiger partial charge in [-0.25, -0.2) is 9.78 Å². The summed E-state index contributed by atoms with van der Waals surface area (Å²) < 4.78 is 5.01. The molecule has 0 saturated carbocycles. The van der Waals surface area contributed by atoms with E-state index in [0.29, 0.717) is 5.39 Å². The van der Waals surface area contributed by atoms with Crippen LogP contribution in [-0.2, 0) is 4.74 Å². The fraction of sp³-hybridized carbons (Fsp3) is 0.375. The molecular formula is C16H20N2O3. The molecule has 0 aliphatic heterocycles. The van der Waals surface area contributed by atoms with Crippen LogP contribution < -0.4 is 5.32 Å². The normalized spacial score (nSPS) is 10.7. The minimum Gasteiger partial charge on any atom is -0.478 e. The summed E-state index contributed by atoms with van der Waals surface area (Å²) in [5.74, 6) is -0.216. The summed E-state index contributed by atoms with van der Waals surface area (Å²) in [7, 11) is 1.71. The minimum atomic E-state index is -0.954. The van der Waals surface area contributed by atoms with Crippen LogP contribution in [0.1, 0.15) is 29.6 Å². The number of pyridine rings is 1. The third-order valence-corrected chi connectivity index (χ3v) is 3.34. The number of aromatic carboxylic acids is 1. The van der Waals surface area contributed by atoms with Gasteiger partial charge in [0.15, 0.2) is 0 Å². The number of methoxy groups -OCH3 is 1. The summed E-state index contributed by atoms with van der Waals surface area (Å²) in [4.78, 5) is 15.5. The Morgan fingerprint density at radius 3 is 2.71 bits per heavy atom. The Labute approximate surface area is 124 Å². The summed E-state index contributed by atoms with van der Waals surface area (Å²) in [6.45, 7) is 1.60. The monoisotopic (exact) mass is 288 g/mol. The van der Waals surface area contributed by atoms with Gasteiger partial charge in [-0.3, -0.25) is 0 Å². The first-order valence-electron chi connectivity index (χ1n) is 7.08. The van der Waals surface area contributed by atoms with Crippen molar-refractivity contribution in [1.82, 2.24) is 4.98 Å². The van der Waals surface area contributed by atoms with Gasteiger partial charge < -0.3 is 15.2 Å². The van der Waals surface area contributed by atoms with E-state index in [4.69, 9.17) is 4.74 Å². The van der Waals surface area contributed by atoms with E-state index in [1.807, 2.05) is 24.3 Å². The molecule has 0 radical (unpaired) electrons. The lowest BCUT2D eigenvalue weighted by atomic mass is 10.1. The van der Waals surface area contributed by atoms with Crippen molar-refractivity contribution >= 4 is 22.6 Å². The number of carboxylic acids is 1. The number of nitrogens with one attached hydrogen (secondary N) is 1. The van der Waals surface area contributed by atoms with Crippen LogP contribution in [0.5, 0.6) is 0 Å². The molecule has 21 heavy (non-hydrogen) atoms. The van der Waals surface area contributed by atoms with Crippen molar-refractivity contribution in [3.05, 3.63) is 36.0 Å². The van der Waals surface area contributed by atoms with Gasteiger partial charge in [0.2, 0.25) is 0 Å². The zero-order chi connectivity index (χ0) is 15.1. The van der Waals surface area contributed by atoms with Crippen LogP contribution in [0.25, 0.3) is 10.8 Å². The van der Waals surface area contributed by atoms with Gasteiger partial charge in [0, 0.05) is 37.2 Å². The molecule has 0 aliphatic rings. The second kappa shape index (κ2) is 7.59. The highest BCUT2D eigenvalue weighted by molar-refractivity contribution is 6.06. The van der Waals surface area contributed by atoms with Gasteiger partial charge in [0.25, 0.3) is 0 Å². The molecule has 2 aromatic rings. The number of ether oxygens (including phenoxy) is 1. The zero-order valence-corrected chi connectivity index (χ0v) is 12.1. The van der Waals surface area contributed by atoms with E-state index in [0.717, 1.165) is 43.6 Å². The Hall–Kier alpha value is -2.14. The third kappa shape index (κ3) is 3.92. The van der Waals surface area contributed by atoms with E-state index >= 15 is 0 Å². The van der Waals surface area contributed by atoms with Gasteiger partial charge in [0.1, 0.15) is 5.82 Å². The van der Waals surface area contributed by atoms with Crippen LogP contribution in [0.3, 0.4) is 0 Å². The van der Waals surface area contributed by atoms with Gasteiger partial charge in [-0.15, -0.1) is 0 Å². The number of nitrogens with zero attached hydrogens (tertiary/aromatic N) is 1. The van der Waals surface area contributed by atoms with E-state index in [1.54, 1.807) is 7.11 Å². The fourth-order valence-corrected chi connectivity index (χ4v) is 2.26. The summed E-state index contributed by atoms with van der Waals surface area (Å²) in [6, 6.07) is 7.43. The molecular weight excluding hydrogens is 268 g/mol. The summed E-state index contributed by atoms with van der Waals surface area (Å²) >= 11 is 0. The quantitative estimate of drug-likeness (QED) is 0.730. The average Bonchev–Trinajstić information content (AvgIpc) is 2.50. The highest BCUT2D eigenvalue weighted by atomic mass is 16.5. The molecule has 5 nitrogen and oxygen atoms in total. The zero-order valence-electron chi connectivity index (χ0n) is 12.1. The molecule has 2 N–H and O–H groups in total. The van der Waals surface area contributed by atoms with Gasteiger partial charge in [-0.1, -0.05) is 24.3 Å². The van der Waals surface area contributed by atoms with Crippen molar-refractivity contribution < 1.29 is 14.6 Å². The summed E-state index contributed by atoms with van der Waals surface area (Å²) in [5, 5.41) is 14.0. The molecule has 1 aromatic heterocycles. The summed E-state index contributed by atoms with van der Waals surface area (Å²) in [6.07, 6.45) is 4.58. The molecule has 0 saturated heterocycles. The van der Waals surface area contributed by atoms with Crippen LogP contribution >= 0.6 is 0 Å². The highest BCUT2D eigenvalue weighted by Crippen LogP contribution is 2.24. The summed E-state index contributed by atoms with van der Waals surface area (Å²) in [5.41, 5.74) is 0.233. The van der Waals surface area contributed by atoms with Crippen LogP contribution in [-0.4, -0.2) is 36.3 Å². The van der Waals surface area contributed by atoms with Gasteiger partial charge >= 0.3 is 5.97 Å². The number of benzene rings is 1. The Bertz CT molecular complexity index is 613. The fourth-order valence-electron chi connectivity index (χ4n) is 2.26. The molecule has 0 aliphatic carbocycles. The van der Waals surface area contributed by atoms with Crippen LogP contribution in [0.2, 0.25) is 0 Å². The van der Waals surface area contributed by atoms with Crippen molar-refractivity contribution in [3.8, 4) is 0 Å². The van der Waals surface area contributed by atoms with Crippen molar-refractivity contribution in [3.63, 3.8) is 0 Å². The first-order valence-corrected chi connectivity index (χ1v) is 7.08. The predicted molar refractivity (Wildman–Crippen MR) is 82.9 cm³/mol. The Morgan fingerprint density at radius 2 is 2.00 bits per heavy atom. The van der Waals surface area contributed by atoms with Gasteiger partial charge in [-0.05, 0) is 19.3 Å². The second-order valence-corrected chi connectivity index (χ2v) is 4.85. The maximum Gasteiger partial charge on any atom is 0.337 e. The predicted octanol–water partition coefficient (Wildman–Crippen LogP) is 3.16. The van der Waals surface area contributed by atoms with Crippen molar-refractivity contribution in [2.24, 2.45) is 0 Å². The lowest BCUT2D eigenvalue weighted by Crippen LogP contribution is -2.06. The minimum absolute atomic E-state index is 0.233. The molecule has 0 spiro atoms. The van der Waals surface area contributed by atoms with E-state index in [9.17, 15) is 9.90 Å². The van der Waals surface area contributed by atoms with Crippen molar-refractivity contribution in [2.45, 2.75) is 19.3 Å². The molecule has 1 aromatic carbocycles. The number of hydrogen-bond acceptors (Lipinski definition) is 4. The Kier molecular flexibility index (Phi) is 5.51. The van der Waals surface area contributed by atoms with Crippen LogP contribution in [0.4, 0.5) is 5.82 Å². The topological polar surface area (TPSA) is 71.5 Å². The smallest absolute Gasteiger partial charge is 0.337 e. The van der Waals surface area contributed by atoms with Crippen molar-refractivity contribution in [1.29, 1.82) is 0 Å². The van der Waals surface area contributed by atoms with Crippen molar-refractivity contribution in [2.75, 3.05) is 25.6 Å². The van der Waals surface area contributed by atoms with E-state index in [-0.39, 0.29) is 5.56 Å². The molecule has 5 heteroatoms. The molecule has 2 rings (SSSR count). The van der Waals surface area contributed by atoms with Gasteiger partial charge in [0.05, 0.1) is 5.56 Å². The number of fused-ring (bicyclic) bond motifs is 1. The molecule has 0 bridgehead atoms. The standard InChI is InChI=1S/C16H20N2O3/c1-21-10-6-2-5-9-17-15-13-8-4-3-7-12(13)14(11-18-15)16(19)20/h3-4,7-8,11H,2,5-6,9-10H2,1H3,(H,17,18)(H,19,20). The number of rotatable bonds is 8. The highest BCUT2D eigenvalue weighted by Gasteiger charge is 2.11. The second-order valence-electron chi connectivity index (χ2n) is 4.85. The molecule has 0 atom stereocenters. The molecule has 0 fully saturated rings. The number of anilines is 1. The molecule has 0 unspecified atom stereocenters. The number of carbonyl (C=O) groups is 1. The van der Waals surface area contributed by atoms with E-state index < -0.39 is 5.97 Å². The van der Waals surface area contributed by atoms with Crippen LogP contribution in [0.15, 0.2) is 30.5 Å². The van der Waals surface area contributed by atoms with E-state index in [2.05, 4.69) is 10.3 Å². The largest absolute Gasteiger partial charge is 0.478 e. The first-order chi connectivity index (χ1) is 10.2. The van der Waals surface area contributed by atoms with E-state index in [1.165, 1.54) is 6.20 Å². The number of unbranched alkanes of at least 4 members (excludes halogenated alkanes) is 2. The first kappa shape index (κ1) is 15.3. The maximum atomic E-state index is 11.2. The molecule has 1 heterocycles. The lowest BCUT2D eigenvalue weighted by molar-refractivity contribution is 0.0698. The number of aromatic nitrogens is 1. The molecule has 0 amide bonds. The number of carboxylic acid groups (broad SMARTS) is 1. The Balaban J connectivity index is 2.07. The number of hydrogen-bond donors (Lipinski definition) is 2. The maximum absolute atomic E-state index is 11.2.